The van der Waals surface area contributed by atoms with Gasteiger partial charge in [-0.2, -0.15) is 13.2 Å². The summed E-state index contributed by atoms with van der Waals surface area (Å²) < 4.78 is 43.3. The summed E-state index contributed by atoms with van der Waals surface area (Å²) in [7, 11) is 0. The Bertz CT molecular complexity index is 730. The molecule has 1 aliphatic heterocycles. The van der Waals surface area contributed by atoms with E-state index in [1.165, 1.54) is 12.1 Å². The number of carbonyl (C=O) groups is 1. The van der Waals surface area contributed by atoms with Crippen LogP contribution in [0.2, 0.25) is 0 Å². The predicted octanol–water partition coefficient (Wildman–Crippen LogP) is 3.57. The minimum absolute atomic E-state index is 0.0764. The number of ether oxygens (including phenoxy) is 1. The molecule has 6 nitrogen and oxygen atoms in total. The number of anilines is 1. The van der Waals surface area contributed by atoms with Crippen LogP contribution in [0, 0.1) is 0 Å². The first-order valence-electron chi connectivity index (χ1n) is 8.09. The molecule has 2 heterocycles. The van der Waals surface area contributed by atoms with Crippen molar-refractivity contribution in [3.05, 3.63) is 48.3 Å². The molecule has 0 aliphatic carbocycles. The molecule has 1 fully saturated rings. The molecule has 1 aromatic heterocycles. The van der Waals surface area contributed by atoms with Crippen LogP contribution in [0.4, 0.5) is 23.7 Å². The van der Waals surface area contributed by atoms with Crippen LogP contribution in [0.1, 0.15) is 18.4 Å². The van der Waals surface area contributed by atoms with Gasteiger partial charge in [0, 0.05) is 44.0 Å². The Morgan fingerprint density at radius 3 is 2.31 bits per heavy atom. The number of rotatable bonds is 3. The lowest BCUT2D eigenvalue weighted by molar-refractivity contribution is -0.137. The van der Waals surface area contributed by atoms with E-state index in [4.69, 9.17) is 4.74 Å². The van der Waals surface area contributed by atoms with Gasteiger partial charge in [-0.1, -0.05) is 0 Å². The molecule has 1 aromatic carbocycles. The molecule has 0 bridgehead atoms. The highest BCUT2D eigenvalue weighted by molar-refractivity contribution is 5.89. The minimum atomic E-state index is -4.40. The molecule has 26 heavy (non-hydrogen) atoms. The SMILES string of the molecule is O=C(Nc1ccc(C(F)(F)F)cc1)N1CCC(Oc2ncccn2)CC1. The van der Waals surface area contributed by atoms with E-state index in [1.807, 2.05) is 0 Å². The lowest BCUT2D eigenvalue weighted by atomic mass is 10.1. The third-order valence-electron chi connectivity index (χ3n) is 4.01. The molecule has 0 spiro atoms. The Morgan fingerprint density at radius 2 is 1.73 bits per heavy atom. The van der Waals surface area contributed by atoms with Crippen molar-refractivity contribution in [2.45, 2.75) is 25.1 Å². The van der Waals surface area contributed by atoms with E-state index in [1.54, 1.807) is 23.4 Å². The zero-order valence-electron chi connectivity index (χ0n) is 13.7. The van der Waals surface area contributed by atoms with Crippen LogP contribution in [-0.2, 0) is 6.18 Å². The molecule has 1 N–H and O–H groups in total. The van der Waals surface area contributed by atoms with Crippen LogP contribution in [0.15, 0.2) is 42.7 Å². The second kappa shape index (κ2) is 7.59. The Kier molecular flexibility index (Phi) is 5.24. The largest absolute Gasteiger partial charge is 0.460 e. The van der Waals surface area contributed by atoms with Gasteiger partial charge in [0.25, 0.3) is 0 Å². The van der Waals surface area contributed by atoms with Crippen LogP contribution in [0.25, 0.3) is 0 Å². The average Bonchev–Trinajstić information content (AvgIpc) is 2.63. The quantitative estimate of drug-likeness (QED) is 0.902. The van der Waals surface area contributed by atoms with Crippen LogP contribution < -0.4 is 10.1 Å². The summed E-state index contributed by atoms with van der Waals surface area (Å²) in [4.78, 5) is 21.8. The number of piperidine rings is 1. The third kappa shape index (κ3) is 4.62. The van der Waals surface area contributed by atoms with Crippen molar-refractivity contribution in [2.75, 3.05) is 18.4 Å². The summed E-state index contributed by atoms with van der Waals surface area (Å²) in [6.07, 6.45) is -0.0405. The monoisotopic (exact) mass is 366 g/mol. The first kappa shape index (κ1) is 18.0. The van der Waals surface area contributed by atoms with Crippen molar-refractivity contribution in [1.29, 1.82) is 0 Å². The van der Waals surface area contributed by atoms with Crippen molar-refractivity contribution in [3.63, 3.8) is 0 Å². The number of carbonyl (C=O) groups excluding carboxylic acids is 1. The first-order valence-corrected chi connectivity index (χ1v) is 8.09. The van der Waals surface area contributed by atoms with Gasteiger partial charge in [-0.15, -0.1) is 0 Å². The highest BCUT2D eigenvalue weighted by Gasteiger charge is 2.30. The van der Waals surface area contributed by atoms with Crippen LogP contribution in [-0.4, -0.2) is 40.1 Å². The van der Waals surface area contributed by atoms with Gasteiger partial charge in [0.1, 0.15) is 6.10 Å². The number of hydrogen-bond donors (Lipinski definition) is 1. The fourth-order valence-electron chi connectivity index (χ4n) is 2.62. The van der Waals surface area contributed by atoms with E-state index >= 15 is 0 Å². The zero-order chi connectivity index (χ0) is 18.6. The maximum absolute atomic E-state index is 12.5. The number of alkyl halides is 3. The number of nitrogens with one attached hydrogen (secondary N) is 1. The van der Waals surface area contributed by atoms with Gasteiger partial charge in [0.15, 0.2) is 0 Å². The molecule has 2 aromatic rings. The van der Waals surface area contributed by atoms with Crippen LogP contribution in [0.5, 0.6) is 6.01 Å². The number of urea groups is 1. The summed E-state index contributed by atoms with van der Waals surface area (Å²) in [5.74, 6) is 0. The van der Waals surface area contributed by atoms with E-state index in [-0.39, 0.29) is 12.1 Å². The normalized spacial score (nSPS) is 15.6. The molecule has 9 heteroatoms. The molecule has 2 amide bonds. The molecule has 138 valence electrons. The van der Waals surface area contributed by atoms with Gasteiger partial charge >= 0.3 is 18.2 Å². The van der Waals surface area contributed by atoms with Gasteiger partial charge < -0.3 is 15.0 Å². The van der Waals surface area contributed by atoms with E-state index < -0.39 is 11.7 Å². The Hall–Kier alpha value is -2.84. The molecule has 1 aliphatic rings. The molecule has 3 rings (SSSR count). The van der Waals surface area contributed by atoms with Gasteiger partial charge in [-0.3, -0.25) is 0 Å². The lowest BCUT2D eigenvalue weighted by Crippen LogP contribution is -2.43. The van der Waals surface area contributed by atoms with E-state index in [2.05, 4.69) is 15.3 Å². The highest BCUT2D eigenvalue weighted by atomic mass is 19.4. The second-order valence-corrected chi connectivity index (χ2v) is 5.84. The number of nitrogens with zero attached hydrogens (tertiary/aromatic N) is 3. The van der Waals surface area contributed by atoms with E-state index in [0.717, 1.165) is 12.1 Å². The number of aromatic nitrogens is 2. The van der Waals surface area contributed by atoms with Crippen molar-refractivity contribution >= 4 is 11.7 Å². The van der Waals surface area contributed by atoms with E-state index in [9.17, 15) is 18.0 Å². The average molecular weight is 366 g/mol. The summed E-state index contributed by atoms with van der Waals surface area (Å²) in [6, 6.07) is 6.01. The van der Waals surface area contributed by atoms with Gasteiger partial charge in [0.2, 0.25) is 0 Å². The van der Waals surface area contributed by atoms with E-state index in [0.29, 0.717) is 37.6 Å². The van der Waals surface area contributed by atoms with Crippen molar-refractivity contribution in [1.82, 2.24) is 14.9 Å². The van der Waals surface area contributed by atoms with Crippen molar-refractivity contribution in [3.8, 4) is 6.01 Å². The fourth-order valence-corrected chi connectivity index (χ4v) is 2.62. The van der Waals surface area contributed by atoms with Gasteiger partial charge in [-0.25, -0.2) is 14.8 Å². The van der Waals surface area contributed by atoms with Crippen molar-refractivity contribution < 1.29 is 22.7 Å². The molecule has 0 saturated carbocycles. The van der Waals surface area contributed by atoms with Crippen molar-refractivity contribution in [2.24, 2.45) is 0 Å². The third-order valence-corrected chi connectivity index (χ3v) is 4.01. The predicted molar refractivity (Wildman–Crippen MR) is 87.7 cm³/mol. The number of benzene rings is 1. The number of halogens is 3. The molecule has 0 atom stereocenters. The molecule has 0 unspecified atom stereocenters. The topological polar surface area (TPSA) is 67.4 Å². The Balaban J connectivity index is 1.49. The number of likely N-dealkylation sites (tertiary alicyclic amines) is 1. The van der Waals surface area contributed by atoms with Crippen LogP contribution >= 0.6 is 0 Å². The zero-order valence-corrected chi connectivity index (χ0v) is 13.7. The standard InChI is InChI=1S/C17H17F3N4O2/c18-17(19,20)12-2-4-13(5-3-12)23-16(25)24-10-6-14(7-11-24)26-15-21-8-1-9-22-15/h1-5,8-9,14H,6-7,10-11H2,(H,23,25). The fraction of sp³-hybridized carbons (Fsp3) is 0.353. The minimum Gasteiger partial charge on any atom is -0.460 e. The highest BCUT2D eigenvalue weighted by Crippen LogP contribution is 2.29. The summed E-state index contributed by atoms with van der Waals surface area (Å²) in [6.45, 7) is 0.952. The van der Waals surface area contributed by atoms with Gasteiger partial charge in [-0.05, 0) is 30.3 Å². The molecular weight excluding hydrogens is 349 g/mol. The maximum Gasteiger partial charge on any atom is 0.416 e. The van der Waals surface area contributed by atoms with Gasteiger partial charge in [0.05, 0.1) is 5.56 Å². The molecule has 0 radical (unpaired) electrons. The Labute approximate surface area is 148 Å². The summed E-state index contributed by atoms with van der Waals surface area (Å²) in [5, 5.41) is 2.61. The maximum atomic E-state index is 12.5. The second-order valence-electron chi connectivity index (χ2n) is 5.84. The first-order chi connectivity index (χ1) is 12.4. The smallest absolute Gasteiger partial charge is 0.416 e. The lowest BCUT2D eigenvalue weighted by Gasteiger charge is -2.31. The number of hydrogen-bond acceptors (Lipinski definition) is 4. The summed E-state index contributed by atoms with van der Waals surface area (Å²) >= 11 is 0. The van der Waals surface area contributed by atoms with Crippen LogP contribution in [0.3, 0.4) is 0 Å². The summed E-state index contributed by atoms with van der Waals surface area (Å²) in [5.41, 5.74) is -0.435. The molecule has 1 saturated heterocycles. The number of amides is 2. The molecular formula is C17H17F3N4O2. The Morgan fingerprint density at radius 1 is 1.12 bits per heavy atom.